The third kappa shape index (κ3) is 3.46. The lowest BCUT2D eigenvalue weighted by molar-refractivity contribution is 0.598. The third-order valence-electron chi connectivity index (χ3n) is 3.40. The lowest BCUT2D eigenvalue weighted by atomic mass is 9.98. The zero-order valence-corrected chi connectivity index (χ0v) is 13.1. The molecular weight excluding hydrogens is 250 g/mol. The highest BCUT2D eigenvalue weighted by Crippen LogP contribution is 2.30. The van der Waals surface area contributed by atoms with E-state index >= 15 is 0 Å². The van der Waals surface area contributed by atoms with Crippen LogP contribution in [0.3, 0.4) is 0 Å². The van der Waals surface area contributed by atoms with Crippen molar-refractivity contribution in [1.29, 1.82) is 0 Å². The second kappa shape index (κ2) is 6.36. The first kappa shape index (κ1) is 14.3. The van der Waals surface area contributed by atoms with E-state index in [2.05, 4.69) is 63.3 Å². The van der Waals surface area contributed by atoms with E-state index in [0.29, 0.717) is 6.04 Å². The first-order valence-electron chi connectivity index (χ1n) is 6.98. The molecule has 2 aromatic rings. The molecule has 19 heavy (non-hydrogen) atoms. The fraction of sp³-hybridized carbons (Fsp3) is 0.412. The predicted octanol–water partition coefficient (Wildman–Crippen LogP) is 4.76. The minimum atomic E-state index is 0.325. The van der Waals surface area contributed by atoms with E-state index in [1.165, 1.54) is 26.4 Å². The van der Waals surface area contributed by atoms with Crippen molar-refractivity contribution in [3.05, 3.63) is 56.8 Å². The molecule has 0 aliphatic rings. The topological polar surface area (TPSA) is 12.0 Å². The second-order valence-corrected chi connectivity index (χ2v) is 6.63. The Morgan fingerprint density at radius 3 is 2.32 bits per heavy atom. The number of aryl methyl sites for hydroxylation is 3. The minimum Gasteiger partial charge on any atom is -0.306 e. The summed E-state index contributed by atoms with van der Waals surface area (Å²) in [5, 5.41) is 3.68. The number of benzene rings is 1. The molecule has 0 aliphatic heterocycles. The maximum atomic E-state index is 3.68. The Morgan fingerprint density at radius 1 is 1.11 bits per heavy atom. The Bertz CT molecular complexity index is 525. The lowest BCUT2D eigenvalue weighted by Crippen LogP contribution is -2.23. The molecule has 1 N–H and O–H groups in total. The zero-order chi connectivity index (χ0) is 13.8. The lowest BCUT2D eigenvalue weighted by Gasteiger charge is -2.19. The van der Waals surface area contributed by atoms with Crippen molar-refractivity contribution < 1.29 is 0 Å². The van der Waals surface area contributed by atoms with Gasteiger partial charge >= 0.3 is 0 Å². The van der Waals surface area contributed by atoms with E-state index in [4.69, 9.17) is 0 Å². The van der Waals surface area contributed by atoms with Crippen LogP contribution in [0, 0.1) is 20.8 Å². The molecule has 2 heteroatoms. The summed E-state index contributed by atoms with van der Waals surface area (Å²) >= 11 is 1.89. The van der Waals surface area contributed by atoms with Gasteiger partial charge in [-0.1, -0.05) is 36.8 Å². The van der Waals surface area contributed by atoms with Crippen molar-refractivity contribution in [3.63, 3.8) is 0 Å². The van der Waals surface area contributed by atoms with Gasteiger partial charge in [0.15, 0.2) is 0 Å². The molecule has 1 unspecified atom stereocenters. The van der Waals surface area contributed by atoms with Gasteiger partial charge in [-0.15, -0.1) is 11.3 Å². The van der Waals surface area contributed by atoms with Gasteiger partial charge in [-0.05, 0) is 50.9 Å². The van der Waals surface area contributed by atoms with Crippen LogP contribution >= 0.6 is 11.3 Å². The van der Waals surface area contributed by atoms with Gasteiger partial charge in [-0.25, -0.2) is 0 Å². The Hall–Kier alpha value is -1.12. The van der Waals surface area contributed by atoms with Crippen LogP contribution in [-0.4, -0.2) is 6.54 Å². The predicted molar refractivity (Wildman–Crippen MR) is 85.1 cm³/mol. The van der Waals surface area contributed by atoms with E-state index in [1.54, 1.807) is 0 Å². The van der Waals surface area contributed by atoms with Gasteiger partial charge in [-0.3, -0.25) is 0 Å². The summed E-state index contributed by atoms with van der Waals surface area (Å²) < 4.78 is 0. The van der Waals surface area contributed by atoms with Gasteiger partial charge in [0.25, 0.3) is 0 Å². The van der Waals surface area contributed by atoms with E-state index in [9.17, 15) is 0 Å². The standard InChI is InChI=1S/C17H23NS/c1-5-10-18-17(15-8-6-12(2)7-9-15)16-11-13(3)19-14(16)4/h6-9,11,17-18H,5,10H2,1-4H3. The van der Waals surface area contributed by atoms with E-state index in [0.717, 1.165) is 13.0 Å². The summed E-state index contributed by atoms with van der Waals surface area (Å²) in [4.78, 5) is 2.81. The van der Waals surface area contributed by atoms with Crippen LogP contribution in [0.1, 0.15) is 45.8 Å². The number of thiophene rings is 1. The van der Waals surface area contributed by atoms with Gasteiger partial charge in [-0.2, -0.15) is 0 Å². The molecule has 1 atom stereocenters. The van der Waals surface area contributed by atoms with E-state index < -0.39 is 0 Å². The molecule has 2 rings (SSSR count). The van der Waals surface area contributed by atoms with Crippen molar-refractivity contribution in [2.75, 3.05) is 6.54 Å². The third-order valence-corrected chi connectivity index (χ3v) is 4.38. The SMILES string of the molecule is CCCNC(c1ccc(C)cc1)c1cc(C)sc1C. The van der Waals surface area contributed by atoms with Crippen molar-refractivity contribution in [2.45, 2.75) is 40.2 Å². The van der Waals surface area contributed by atoms with Crippen LogP contribution < -0.4 is 5.32 Å². The van der Waals surface area contributed by atoms with Crippen molar-refractivity contribution >= 4 is 11.3 Å². The summed E-state index contributed by atoms with van der Waals surface area (Å²) in [6, 6.07) is 11.5. The van der Waals surface area contributed by atoms with Crippen LogP contribution in [-0.2, 0) is 0 Å². The van der Waals surface area contributed by atoms with Crippen LogP contribution in [0.4, 0.5) is 0 Å². The molecule has 0 fully saturated rings. The molecule has 1 nitrogen and oxygen atoms in total. The van der Waals surface area contributed by atoms with Gasteiger partial charge < -0.3 is 5.32 Å². The van der Waals surface area contributed by atoms with Crippen LogP contribution in [0.25, 0.3) is 0 Å². The number of rotatable bonds is 5. The highest BCUT2D eigenvalue weighted by Gasteiger charge is 2.17. The molecule has 1 aromatic heterocycles. The Morgan fingerprint density at radius 2 is 1.79 bits per heavy atom. The van der Waals surface area contributed by atoms with Gasteiger partial charge in [0.1, 0.15) is 0 Å². The number of nitrogens with one attached hydrogen (secondary N) is 1. The average molecular weight is 273 g/mol. The van der Waals surface area contributed by atoms with Crippen LogP contribution in [0.2, 0.25) is 0 Å². The summed E-state index contributed by atoms with van der Waals surface area (Å²) in [7, 11) is 0. The van der Waals surface area contributed by atoms with Gasteiger partial charge in [0.2, 0.25) is 0 Å². The monoisotopic (exact) mass is 273 g/mol. The summed E-state index contributed by atoms with van der Waals surface area (Å²) in [6.45, 7) is 9.81. The summed E-state index contributed by atoms with van der Waals surface area (Å²) in [6.07, 6.45) is 1.16. The molecule has 0 saturated carbocycles. The van der Waals surface area contributed by atoms with Crippen LogP contribution in [0.5, 0.6) is 0 Å². The maximum Gasteiger partial charge on any atom is 0.0587 e. The fourth-order valence-corrected chi connectivity index (χ4v) is 3.36. The van der Waals surface area contributed by atoms with Gasteiger partial charge in [0, 0.05) is 9.75 Å². The quantitative estimate of drug-likeness (QED) is 0.828. The molecular formula is C17H23NS. The van der Waals surface area contributed by atoms with E-state index in [1.807, 2.05) is 11.3 Å². The molecule has 1 heterocycles. The number of hydrogen-bond acceptors (Lipinski definition) is 2. The largest absolute Gasteiger partial charge is 0.306 e. The maximum absolute atomic E-state index is 3.68. The van der Waals surface area contributed by atoms with E-state index in [-0.39, 0.29) is 0 Å². The molecule has 0 aliphatic carbocycles. The second-order valence-electron chi connectivity index (χ2n) is 5.17. The Kier molecular flexibility index (Phi) is 4.78. The van der Waals surface area contributed by atoms with Crippen LogP contribution in [0.15, 0.2) is 30.3 Å². The molecule has 0 spiro atoms. The molecule has 0 saturated heterocycles. The van der Waals surface area contributed by atoms with Gasteiger partial charge in [0.05, 0.1) is 6.04 Å². The number of hydrogen-bond donors (Lipinski definition) is 1. The zero-order valence-electron chi connectivity index (χ0n) is 12.3. The highest BCUT2D eigenvalue weighted by molar-refractivity contribution is 7.12. The Balaban J connectivity index is 2.35. The van der Waals surface area contributed by atoms with Crippen molar-refractivity contribution in [2.24, 2.45) is 0 Å². The molecule has 0 radical (unpaired) electrons. The molecule has 0 bridgehead atoms. The smallest absolute Gasteiger partial charge is 0.0587 e. The normalized spacial score (nSPS) is 12.6. The molecule has 1 aromatic carbocycles. The first-order chi connectivity index (χ1) is 9.11. The van der Waals surface area contributed by atoms with Crippen molar-refractivity contribution in [3.8, 4) is 0 Å². The summed E-state index contributed by atoms with van der Waals surface area (Å²) in [5.74, 6) is 0. The summed E-state index contributed by atoms with van der Waals surface area (Å²) in [5.41, 5.74) is 4.11. The highest BCUT2D eigenvalue weighted by atomic mass is 32.1. The fourth-order valence-electron chi connectivity index (χ4n) is 2.39. The molecule has 102 valence electrons. The minimum absolute atomic E-state index is 0.325. The average Bonchev–Trinajstić information content (AvgIpc) is 2.71. The van der Waals surface area contributed by atoms with Crippen molar-refractivity contribution in [1.82, 2.24) is 5.32 Å². The molecule has 0 amide bonds. The Labute approximate surface area is 120 Å². The first-order valence-corrected chi connectivity index (χ1v) is 7.80.